The van der Waals surface area contributed by atoms with Gasteiger partial charge in [-0.25, -0.2) is 15.0 Å². The van der Waals surface area contributed by atoms with Gasteiger partial charge in [0.05, 0.1) is 30.3 Å². The normalized spacial score (nSPS) is 18.0. The zero-order valence-corrected chi connectivity index (χ0v) is 25.6. The molecule has 2 saturated heterocycles. The van der Waals surface area contributed by atoms with Crippen LogP contribution in [0.1, 0.15) is 54.0 Å². The molecule has 2 fully saturated rings. The van der Waals surface area contributed by atoms with Crippen LogP contribution in [0.4, 0.5) is 24.1 Å². The number of carbonyl (C=O) groups is 2. The second-order valence-electron chi connectivity index (χ2n) is 10.9. The van der Waals surface area contributed by atoms with E-state index in [9.17, 15) is 22.8 Å². The average molecular weight is 632 g/mol. The number of rotatable bonds is 11. The highest BCUT2D eigenvalue weighted by Crippen LogP contribution is 2.41. The fraction of sp³-hybridized carbons (Fsp3) is 0.500. The molecule has 2 aliphatic rings. The summed E-state index contributed by atoms with van der Waals surface area (Å²) in [6.07, 6.45) is 1.89. The maximum Gasteiger partial charge on any atom is 0.419 e. The highest BCUT2D eigenvalue weighted by molar-refractivity contribution is 7.16. The molecule has 0 spiro atoms. The summed E-state index contributed by atoms with van der Waals surface area (Å²) in [4.78, 5) is 44.5. The standard InChI is InChI=1S/C30H36F3N7O3S/c1-3-43-24-8-7-21(16-22(24)30(31,32)33)27-25(19-40-10-4-6-20(40)2)44-29(36-27)37-28(42)23-17-35-26(18-34-23)39-13-11-38(12-14-39)9-5-15-41/h7-8,15-18,20H,3-6,9-14,19H2,1-2H3,(H,36,37,42). The molecule has 2 aromatic heterocycles. The summed E-state index contributed by atoms with van der Waals surface area (Å²) >= 11 is 1.25. The van der Waals surface area contributed by atoms with Crippen molar-refractivity contribution in [2.45, 2.75) is 51.9 Å². The third kappa shape index (κ3) is 7.53. The first-order valence-electron chi connectivity index (χ1n) is 14.8. The second-order valence-corrected chi connectivity index (χ2v) is 12.0. The lowest BCUT2D eigenvalue weighted by atomic mass is 10.1. The van der Waals surface area contributed by atoms with E-state index in [2.05, 4.69) is 41.9 Å². The van der Waals surface area contributed by atoms with E-state index < -0.39 is 17.6 Å². The minimum Gasteiger partial charge on any atom is -0.493 e. The molecule has 5 rings (SSSR count). The molecule has 1 unspecified atom stereocenters. The van der Waals surface area contributed by atoms with Gasteiger partial charge < -0.3 is 14.4 Å². The number of nitrogens with one attached hydrogen (secondary N) is 1. The molecule has 0 saturated carbocycles. The topological polar surface area (TPSA) is 104 Å². The number of benzene rings is 1. The van der Waals surface area contributed by atoms with Gasteiger partial charge in [0.25, 0.3) is 5.91 Å². The van der Waals surface area contributed by atoms with E-state index in [4.69, 9.17) is 4.74 Å². The molecule has 0 bridgehead atoms. The molecule has 4 heterocycles. The van der Waals surface area contributed by atoms with Crippen molar-refractivity contribution in [1.29, 1.82) is 0 Å². The number of hydrogen-bond acceptors (Lipinski definition) is 10. The number of aromatic nitrogens is 3. The van der Waals surface area contributed by atoms with E-state index in [1.54, 1.807) is 19.2 Å². The predicted octanol–water partition coefficient (Wildman–Crippen LogP) is 4.97. The van der Waals surface area contributed by atoms with Crippen LogP contribution in [0.25, 0.3) is 11.3 Å². The fourth-order valence-corrected chi connectivity index (χ4v) is 6.53. The quantitative estimate of drug-likeness (QED) is 0.294. The van der Waals surface area contributed by atoms with Gasteiger partial charge >= 0.3 is 6.18 Å². The Bertz CT molecular complexity index is 1440. The number of likely N-dealkylation sites (tertiary alicyclic amines) is 1. The van der Waals surface area contributed by atoms with Crippen LogP contribution in [0.5, 0.6) is 5.75 Å². The van der Waals surface area contributed by atoms with Crippen molar-refractivity contribution in [1.82, 2.24) is 24.8 Å². The number of aldehydes is 1. The van der Waals surface area contributed by atoms with E-state index in [-0.39, 0.29) is 23.2 Å². The lowest BCUT2D eigenvalue weighted by Crippen LogP contribution is -2.47. The van der Waals surface area contributed by atoms with Crippen molar-refractivity contribution >= 4 is 34.5 Å². The van der Waals surface area contributed by atoms with E-state index in [1.165, 1.54) is 23.6 Å². The number of piperazine rings is 1. The first-order valence-corrected chi connectivity index (χ1v) is 15.6. The molecule has 44 heavy (non-hydrogen) atoms. The predicted molar refractivity (Wildman–Crippen MR) is 162 cm³/mol. The molecule has 0 radical (unpaired) electrons. The van der Waals surface area contributed by atoms with Gasteiger partial charge in [0.1, 0.15) is 23.5 Å². The average Bonchev–Trinajstić information content (AvgIpc) is 3.61. The zero-order valence-electron chi connectivity index (χ0n) is 24.8. The monoisotopic (exact) mass is 631 g/mol. The van der Waals surface area contributed by atoms with Crippen molar-refractivity contribution < 1.29 is 27.5 Å². The van der Waals surface area contributed by atoms with Crippen LogP contribution in [-0.4, -0.2) is 88.9 Å². The summed E-state index contributed by atoms with van der Waals surface area (Å²) in [6, 6.07) is 4.30. The number of ether oxygens (including phenoxy) is 1. The molecule has 2 aliphatic heterocycles. The number of alkyl halides is 3. The number of thiazole rings is 1. The van der Waals surface area contributed by atoms with Crippen LogP contribution in [0.3, 0.4) is 0 Å². The first-order chi connectivity index (χ1) is 21.2. The van der Waals surface area contributed by atoms with Crippen LogP contribution >= 0.6 is 11.3 Å². The molecule has 1 amide bonds. The molecule has 1 N–H and O–H groups in total. The van der Waals surface area contributed by atoms with Crippen LogP contribution in [0.15, 0.2) is 30.6 Å². The number of carbonyl (C=O) groups excluding carboxylic acids is 2. The fourth-order valence-electron chi connectivity index (χ4n) is 5.53. The first kappa shape index (κ1) is 31.8. The van der Waals surface area contributed by atoms with Gasteiger partial charge in [0.2, 0.25) is 0 Å². The van der Waals surface area contributed by atoms with Crippen LogP contribution < -0.4 is 15.0 Å². The Morgan fingerprint density at radius 2 is 1.95 bits per heavy atom. The Kier molecular flexibility index (Phi) is 10.1. The van der Waals surface area contributed by atoms with E-state index in [1.807, 2.05) is 0 Å². The van der Waals surface area contributed by atoms with Gasteiger partial charge in [-0.3, -0.25) is 19.9 Å². The highest BCUT2D eigenvalue weighted by atomic mass is 32.1. The van der Waals surface area contributed by atoms with Gasteiger partial charge in [0.15, 0.2) is 5.13 Å². The minimum atomic E-state index is -4.61. The number of amides is 1. The largest absolute Gasteiger partial charge is 0.493 e. The van der Waals surface area contributed by atoms with E-state index in [0.29, 0.717) is 36.1 Å². The van der Waals surface area contributed by atoms with Gasteiger partial charge in [-0.15, -0.1) is 0 Å². The Morgan fingerprint density at radius 1 is 1.16 bits per heavy atom. The number of halogens is 3. The molecule has 0 aliphatic carbocycles. The number of anilines is 2. The highest BCUT2D eigenvalue weighted by Gasteiger charge is 2.35. The summed E-state index contributed by atoms with van der Waals surface area (Å²) in [5.74, 6) is -0.0815. The SMILES string of the molecule is CCOc1ccc(-c2nc(NC(=O)c3cnc(N4CCN(CCC=O)CC4)cn3)sc2CN2CCCC2C)cc1C(F)(F)F. The minimum absolute atomic E-state index is 0.102. The van der Waals surface area contributed by atoms with Gasteiger partial charge in [-0.1, -0.05) is 11.3 Å². The maximum atomic E-state index is 13.9. The van der Waals surface area contributed by atoms with Crippen molar-refractivity contribution in [3.05, 3.63) is 46.7 Å². The Morgan fingerprint density at radius 3 is 2.59 bits per heavy atom. The summed E-state index contributed by atoms with van der Waals surface area (Å²) in [7, 11) is 0. The van der Waals surface area contributed by atoms with Crippen LogP contribution in [0.2, 0.25) is 0 Å². The zero-order chi connectivity index (χ0) is 31.3. The second kappa shape index (κ2) is 14.0. The number of hydrogen-bond donors (Lipinski definition) is 1. The van der Waals surface area contributed by atoms with Crippen molar-refractivity contribution in [2.24, 2.45) is 0 Å². The summed E-state index contributed by atoms with van der Waals surface area (Å²) in [5.41, 5.74) is -0.0691. The molecule has 14 heteroatoms. The molecule has 10 nitrogen and oxygen atoms in total. The molecular weight excluding hydrogens is 595 g/mol. The van der Waals surface area contributed by atoms with Gasteiger partial charge in [-0.2, -0.15) is 13.2 Å². The summed E-state index contributed by atoms with van der Waals surface area (Å²) in [5, 5.41) is 3.05. The Hall–Kier alpha value is -3.62. The lowest BCUT2D eigenvalue weighted by molar-refractivity contribution is -0.138. The maximum absolute atomic E-state index is 13.9. The van der Waals surface area contributed by atoms with E-state index in [0.717, 1.165) is 69.3 Å². The molecule has 1 aromatic carbocycles. The molecule has 1 atom stereocenters. The van der Waals surface area contributed by atoms with Crippen molar-refractivity contribution in [2.75, 3.05) is 56.1 Å². The molecule has 236 valence electrons. The third-order valence-electron chi connectivity index (χ3n) is 7.94. The van der Waals surface area contributed by atoms with Crippen molar-refractivity contribution in [3.63, 3.8) is 0 Å². The van der Waals surface area contributed by atoms with Gasteiger partial charge in [-0.05, 0) is 51.4 Å². The molecule has 3 aromatic rings. The van der Waals surface area contributed by atoms with Crippen molar-refractivity contribution in [3.8, 4) is 17.0 Å². The smallest absolute Gasteiger partial charge is 0.419 e. The van der Waals surface area contributed by atoms with Crippen LogP contribution in [0, 0.1) is 0 Å². The van der Waals surface area contributed by atoms with Gasteiger partial charge in [0, 0.05) is 62.2 Å². The molecular formula is C30H36F3N7O3S. The summed E-state index contributed by atoms with van der Waals surface area (Å²) in [6.45, 7) is 9.09. The Labute approximate surface area is 258 Å². The lowest BCUT2D eigenvalue weighted by Gasteiger charge is -2.34. The van der Waals surface area contributed by atoms with E-state index >= 15 is 0 Å². The number of nitrogens with zero attached hydrogens (tertiary/aromatic N) is 6. The Balaban J connectivity index is 1.34. The third-order valence-corrected chi connectivity index (χ3v) is 8.90. The van der Waals surface area contributed by atoms with Crippen LogP contribution in [-0.2, 0) is 17.5 Å². The summed E-state index contributed by atoms with van der Waals surface area (Å²) < 4.78 is 47.0.